The van der Waals surface area contributed by atoms with Gasteiger partial charge in [0, 0.05) is 5.69 Å². The van der Waals surface area contributed by atoms with Gasteiger partial charge in [0.15, 0.2) is 0 Å². The second-order valence-electron chi connectivity index (χ2n) is 7.36. The maximum atomic E-state index is 12.9. The Balaban J connectivity index is 1.58. The molecule has 0 saturated carbocycles. The first kappa shape index (κ1) is 23.1. The minimum atomic E-state index is -3.73. The summed E-state index contributed by atoms with van der Waals surface area (Å²) in [4.78, 5) is 11.5. The summed E-state index contributed by atoms with van der Waals surface area (Å²) in [6, 6.07) is 16.6. The number of aryl methyl sites for hydroxylation is 3. The van der Waals surface area contributed by atoms with Gasteiger partial charge in [0.2, 0.25) is 0 Å². The standard InChI is InChI=1S/C24H25NO6S/c1-16-14-17(2)23(18(3)15-16)32(28,29)25-19-8-10-20(11-9-19)30-12-13-31-22-7-5-4-6-21(22)24(26)27/h4-11,14-15,25H,12-13H2,1-3H3,(H,26,27). The average molecular weight is 456 g/mol. The van der Waals surface area contributed by atoms with E-state index in [-0.39, 0.29) is 29.4 Å². The molecule has 0 fully saturated rings. The average Bonchev–Trinajstić information content (AvgIpc) is 2.71. The number of hydrogen-bond donors (Lipinski definition) is 2. The van der Waals surface area contributed by atoms with Crippen LogP contribution in [0.4, 0.5) is 5.69 Å². The van der Waals surface area contributed by atoms with Crippen molar-refractivity contribution < 1.29 is 27.8 Å². The molecule has 0 aromatic heterocycles. The highest BCUT2D eigenvalue weighted by Crippen LogP contribution is 2.25. The molecule has 3 aromatic carbocycles. The van der Waals surface area contributed by atoms with Gasteiger partial charge in [-0.15, -0.1) is 0 Å². The van der Waals surface area contributed by atoms with E-state index in [9.17, 15) is 13.2 Å². The Bertz CT molecular complexity index is 1200. The number of para-hydroxylation sites is 1. The van der Waals surface area contributed by atoms with Crippen LogP contribution in [0.15, 0.2) is 65.6 Å². The Morgan fingerprint density at radius 1 is 0.906 bits per heavy atom. The van der Waals surface area contributed by atoms with Gasteiger partial charge in [0.1, 0.15) is 30.3 Å². The summed E-state index contributed by atoms with van der Waals surface area (Å²) < 4.78 is 39.4. The third-order valence-electron chi connectivity index (χ3n) is 4.71. The molecule has 0 atom stereocenters. The van der Waals surface area contributed by atoms with E-state index in [0.717, 1.165) is 5.56 Å². The van der Waals surface area contributed by atoms with Gasteiger partial charge in [0.25, 0.3) is 10.0 Å². The van der Waals surface area contributed by atoms with Gasteiger partial charge in [-0.05, 0) is 68.3 Å². The van der Waals surface area contributed by atoms with E-state index >= 15 is 0 Å². The van der Waals surface area contributed by atoms with Gasteiger partial charge >= 0.3 is 5.97 Å². The van der Waals surface area contributed by atoms with E-state index in [2.05, 4.69) is 4.72 Å². The number of hydrogen-bond acceptors (Lipinski definition) is 5. The third kappa shape index (κ3) is 5.59. The van der Waals surface area contributed by atoms with E-state index in [4.69, 9.17) is 14.6 Å². The zero-order chi connectivity index (χ0) is 23.3. The molecular weight excluding hydrogens is 430 g/mol. The molecule has 0 unspecified atom stereocenters. The molecule has 0 heterocycles. The Morgan fingerprint density at radius 3 is 2.12 bits per heavy atom. The van der Waals surface area contributed by atoms with Crippen molar-refractivity contribution in [1.82, 2.24) is 0 Å². The fourth-order valence-electron chi connectivity index (χ4n) is 3.50. The lowest BCUT2D eigenvalue weighted by Crippen LogP contribution is -2.16. The number of ether oxygens (including phenoxy) is 2. The number of carboxylic acid groups (broad SMARTS) is 1. The zero-order valence-electron chi connectivity index (χ0n) is 18.1. The number of sulfonamides is 1. The second-order valence-corrected chi connectivity index (χ2v) is 8.98. The van der Waals surface area contributed by atoms with Crippen molar-refractivity contribution in [3.63, 3.8) is 0 Å². The van der Waals surface area contributed by atoms with E-state index in [1.807, 2.05) is 19.1 Å². The molecule has 0 radical (unpaired) electrons. The molecule has 0 saturated heterocycles. The normalized spacial score (nSPS) is 11.1. The molecule has 32 heavy (non-hydrogen) atoms. The monoisotopic (exact) mass is 455 g/mol. The summed E-state index contributed by atoms with van der Waals surface area (Å²) in [6.45, 7) is 5.84. The van der Waals surface area contributed by atoms with Crippen molar-refractivity contribution in [2.45, 2.75) is 25.7 Å². The number of carboxylic acids is 1. The zero-order valence-corrected chi connectivity index (χ0v) is 18.9. The Labute approximate surface area is 187 Å². The van der Waals surface area contributed by atoms with Crippen LogP contribution in [0, 0.1) is 20.8 Å². The first-order valence-corrected chi connectivity index (χ1v) is 11.4. The molecule has 2 N–H and O–H groups in total. The largest absolute Gasteiger partial charge is 0.490 e. The van der Waals surface area contributed by atoms with E-state index in [1.165, 1.54) is 6.07 Å². The first-order valence-electron chi connectivity index (χ1n) is 9.96. The topological polar surface area (TPSA) is 102 Å². The maximum Gasteiger partial charge on any atom is 0.339 e. The van der Waals surface area contributed by atoms with Crippen LogP contribution in [-0.2, 0) is 10.0 Å². The maximum absolute atomic E-state index is 12.9. The number of anilines is 1. The highest BCUT2D eigenvalue weighted by molar-refractivity contribution is 7.92. The van der Waals surface area contributed by atoms with Crippen LogP contribution in [0.1, 0.15) is 27.0 Å². The van der Waals surface area contributed by atoms with Crippen LogP contribution >= 0.6 is 0 Å². The van der Waals surface area contributed by atoms with Crippen LogP contribution in [0.3, 0.4) is 0 Å². The lowest BCUT2D eigenvalue weighted by molar-refractivity contribution is 0.0691. The van der Waals surface area contributed by atoms with E-state index in [1.54, 1.807) is 56.3 Å². The number of aromatic carboxylic acids is 1. The summed E-state index contributed by atoms with van der Waals surface area (Å²) in [5.74, 6) is -0.253. The lowest BCUT2D eigenvalue weighted by atomic mass is 10.1. The minimum Gasteiger partial charge on any atom is -0.490 e. The Hall–Kier alpha value is -3.52. The lowest BCUT2D eigenvalue weighted by Gasteiger charge is -2.14. The van der Waals surface area contributed by atoms with Crippen LogP contribution in [0.25, 0.3) is 0 Å². The fourth-order valence-corrected chi connectivity index (χ4v) is 5.01. The van der Waals surface area contributed by atoms with Crippen LogP contribution in [-0.4, -0.2) is 32.7 Å². The first-order chi connectivity index (χ1) is 15.2. The van der Waals surface area contributed by atoms with Crippen molar-refractivity contribution in [1.29, 1.82) is 0 Å². The molecule has 8 heteroatoms. The third-order valence-corrected chi connectivity index (χ3v) is 6.39. The van der Waals surface area contributed by atoms with E-state index in [0.29, 0.717) is 22.6 Å². The molecule has 0 aliphatic rings. The molecule has 3 rings (SSSR count). The summed E-state index contributed by atoms with van der Waals surface area (Å²) in [7, 11) is -3.73. The summed E-state index contributed by atoms with van der Waals surface area (Å²) in [5.41, 5.74) is 2.90. The smallest absolute Gasteiger partial charge is 0.339 e. The Kier molecular flexibility index (Phi) is 7.05. The quantitative estimate of drug-likeness (QED) is 0.458. The number of carbonyl (C=O) groups is 1. The van der Waals surface area contributed by atoms with Crippen molar-refractivity contribution in [2.75, 3.05) is 17.9 Å². The SMILES string of the molecule is Cc1cc(C)c(S(=O)(=O)Nc2ccc(OCCOc3ccccc3C(=O)O)cc2)c(C)c1. The molecule has 0 spiro atoms. The molecule has 0 aliphatic carbocycles. The summed E-state index contributed by atoms with van der Waals surface area (Å²) in [6.07, 6.45) is 0. The summed E-state index contributed by atoms with van der Waals surface area (Å²) in [5, 5.41) is 9.16. The highest BCUT2D eigenvalue weighted by atomic mass is 32.2. The second kappa shape index (κ2) is 9.74. The molecule has 168 valence electrons. The van der Waals surface area contributed by atoms with Crippen molar-refractivity contribution in [2.24, 2.45) is 0 Å². The minimum absolute atomic E-state index is 0.0863. The van der Waals surface area contributed by atoms with Gasteiger partial charge in [-0.2, -0.15) is 0 Å². The fraction of sp³-hybridized carbons (Fsp3) is 0.208. The highest BCUT2D eigenvalue weighted by Gasteiger charge is 2.20. The molecule has 0 bridgehead atoms. The van der Waals surface area contributed by atoms with Crippen LogP contribution in [0.2, 0.25) is 0 Å². The van der Waals surface area contributed by atoms with Crippen LogP contribution in [0.5, 0.6) is 11.5 Å². The van der Waals surface area contributed by atoms with Gasteiger partial charge in [-0.1, -0.05) is 29.8 Å². The summed E-state index contributed by atoms with van der Waals surface area (Å²) >= 11 is 0. The number of rotatable bonds is 9. The molecule has 0 amide bonds. The Morgan fingerprint density at radius 2 is 1.50 bits per heavy atom. The van der Waals surface area contributed by atoms with Crippen molar-refractivity contribution in [3.8, 4) is 11.5 Å². The molecule has 7 nitrogen and oxygen atoms in total. The van der Waals surface area contributed by atoms with Crippen LogP contribution < -0.4 is 14.2 Å². The predicted octanol–water partition coefficient (Wildman–Crippen LogP) is 4.57. The number of nitrogens with one attached hydrogen (secondary N) is 1. The van der Waals surface area contributed by atoms with Crippen molar-refractivity contribution >= 4 is 21.7 Å². The van der Waals surface area contributed by atoms with E-state index < -0.39 is 16.0 Å². The van der Waals surface area contributed by atoms with Gasteiger partial charge in [0.05, 0.1) is 4.90 Å². The van der Waals surface area contributed by atoms with Gasteiger partial charge in [-0.3, -0.25) is 4.72 Å². The number of benzene rings is 3. The molecular formula is C24H25NO6S. The van der Waals surface area contributed by atoms with Gasteiger partial charge in [-0.25, -0.2) is 13.2 Å². The van der Waals surface area contributed by atoms with Crippen molar-refractivity contribution in [3.05, 3.63) is 82.9 Å². The molecule has 0 aliphatic heterocycles. The predicted molar refractivity (Wildman–Crippen MR) is 122 cm³/mol. The van der Waals surface area contributed by atoms with Gasteiger partial charge < -0.3 is 14.6 Å². The molecule has 3 aromatic rings.